The van der Waals surface area contributed by atoms with Crippen molar-refractivity contribution in [2.45, 2.75) is 13.1 Å². The van der Waals surface area contributed by atoms with E-state index < -0.39 is 0 Å². The van der Waals surface area contributed by atoms with Crippen LogP contribution in [0.2, 0.25) is 5.02 Å². The zero-order valence-electron chi connectivity index (χ0n) is 10.1. The van der Waals surface area contributed by atoms with Crippen molar-refractivity contribution >= 4 is 11.6 Å². The molecule has 0 saturated heterocycles. The summed E-state index contributed by atoms with van der Waals surface area (Å²) in [5, 5.41) is 3.98. The van der Waals surface area contributed by atoms with E-state index in [0.717, 1.165) is 17.7 Å². The lowest BCUT2D eigenvalue weighted by atomic mass is 10.2. The molecule has 0 bridgehead atoms. The smallest absolute Gasteiger partial charge is 0.212 e. The second-order valence-electron chi connectivity index (χ2n) is 3.78. The molecule has 0 aliphatic carbocycles. The van der Waals surface area contributed by atoms with E-state index in [9.17, 15) is 0 Å². The Morgan fingerprint density at radius 3 is 2.78 bits per heavy atom. The first-order valence-corrected chi connectivity index (χ1v) is 5.95. The Bertz CT molecular complexity index is 502. The molecule has 4 nitrogen and oxygen atoms in total. The van der Waals surface area contributed by atoms with Crippen LogP contribution in [0.1, 0.15) is 11.1 Å². The van der Waals surface area contributed by atoms with Crippen LogP contribution < -0.4 is 10.1 Å². The molecule has 0 fully saturated rings. The number of methoxy groups -OCH3 is 1. The lowest BCUT2D eigenvalue weighted by Crippen LogP contribution is -2.13. The first-order valence-electron chi connectivity index (χ1n) is 5.57. The van der Waals surface area contributed by atoms with Crippen molar-refractivity contribution in [1.82, 2.24) is 15.3 Å². The molecule has 0 atom stereocenters. The van der Waals surface area contributed by atoms with Crippen molar-refractivity contribution in [2.75, 3.05) is 7.11 Å². The fraction of sp³-hybridized carbons (Fsp3) is 0.231. The van der Waals surface area contributed by atoms with Crippen molar-refractivity contribution in [3.8, 4) is 5.88 Å². The molecular formula is C13H14ClN3O. The Balaban J connectivity index is 1.86. The number of ether oxygens (including phenoxy) is 1. The summed E-state index contributed by atoms with van der Waals surface area (Å²) < 4.78 is 5.00. The van der Waals surface area contributed by atoms with Gasteiger partial charge < -0.3 is 10.1 Å². The monoisotopic (exact) mass is 263 g/mol. The van der Waals surface area contributed by atoms with Crippen LogP contribution >= 0.6 is 11.6 Å². The lowest BCUT2D eigenvalue weighted by Gasteiger charge is -2.06. The van der Waals surface area contributed by atoms with Gasteiger partial charge in [0.05, 0.1) is 12.1 Å². The minimum atomic E-state index is 0.621. The van der Waals surface area contributed by atoms with Crippen molar-refractivity contribution in [2.24, 2.45) is 0 Å². The minimum absolute atomic E-state index is 0.621. The number of nitrogens with one attached hydrogen (secondary N) is 1. The van der Waals surface area contributed by atoms with Crippen molar-refractivity contribution < 1.29 is 4.74 Å². The third kappa shape index (κ3) is 3.42. The van der Waals surface area contributed by atoms with Gasteiger partial charge in [0.25, 0.3) is 0 Å². The highest BCUT2D eigenvalue weighted by Gasteiger charge is 2.00. The molecule has 0 saturated carbocycles. The molecule has 0 aliphatic heterocycles. The normalized spacial score (nSPS) is 10.3. The van der Waals surface area contributed by atoms with Gasteiger partial charge in [0, 0.05) is 37.7 Å². The zero-order valence-corrected chi connectivity index (χ0v) is 10.8. The number of aromatic nitrogens is 2. The van der Waals surface area contributed by atoms with Gasteiger partial charge in [0.1, 0.15) is 0 Å². The Morgan fingerprint density at radius 2 is 2.11 bits per heavy atom. The first-order chi connectivity index (χ1) is 8.79. The maximum Gasteiger partial charge on any atom is 0.212 e. The molecule has 5 heteroatoms. The van der Waals surface area contributed by atoms with E-state index in [1.807, 2.05) is 18.2 Å². The van der Waals surface area contributed by atoms with E-state index in [-0.39, 0.29) is 0 Å². The summed E-state index contributed by atoms with van der Waals surface area (Å²) >= 11 is 6.01. The number of nitrogens with zero attached hydrogens (tertiary/aromatic N) is 2. The van der Waals surface area contributed by atoms with Gasteiger partial charge in [0.2, 0.25) is 5.88 Å². The molecular weight excluding hydrogens is 250 g/mol. The van der Waals surface area contributed by atoms with Gasteiger partial charge in [0.15, 0.2) is 0 Å². The largest absolute Gasteiger partial charge is 0.481 e. The number of hydrogen-bond acceptors (Lipinski definition) is 4. The molecule has 2 rings (SSSR count). The van der Waals surface area contributed by atoms with Crippen molar-refractivity contribution in [1.29, 1.82) is 0 Å². The van der Waals surface area contributed by atoms with Gasteiger partial charge in [-0.2, -0.15) is 0 Å². The van der Waals surface area contributed by atoms with Gasteiger partial charge >= 0.3 is 0 Å². The zero-order chi connectivity index (χ0) is 12.8. The lowest BCUT2D eigenvalue weighted by molar-refractivity contribution is 0.397. The van der Waals surface area contributed by atoms with Crippen LogP contribution in [0.3, 0.4) is 0 Å². The fourth-order valence-corrected chi connectivity index (χ4v) is 1.71. The van der Waals surface area contributed by atoms with Crippen molar-refractivity contribution in [3.05, 3.63) is 52.9 Å². The summed E-state index contributed by atoms with van der Waals surface area (Å²) in [4.78, 5) is 8.09. The SMILES string of the molecule is COc1ccc(CNCc2ccncc2Cl)cn1. The first kappa shape index (κ1) is 12.8. The Kier molecular flexibility index (Phi) is 4.50. The van der Waals surface area contributed by atoms with Crippen LogP contribution in [0.25, 0.3) is 0 Å². The average molecular weight is 264 g/mol. The third-order valence-electron chi connectivity index (χ3n) is 2.51. The number of pyridine rings is 2. The van der Waals surface area contributed by atoms with E-state index in [1.165, 1.54) is 0 Å². The Morgan fingerprint density at radius 1 is 1.22 bits per heavy atom. The van der Waals surface area contributed by atoms with Gasteiger partial charge in [-0.3, -0.25) is 4.98 Å². The molecule has 2 heterocycles. The third-order valence-corrected chi connectivity index (χ3v) is 2.85. The molecule has 0 aliphatic rings. The molecule has 0 unspecified atom stereocenters. The second-order valence-corrected chi connectivity index (χ2v) is 4.19. The summed E-state index contributed by atoms with van der Waals surface area (Å²) in [6, 6.07) is 5.73. The molecule has 18 heavy (non-hydrogen) atoms. The number of hydrogen-bond donors (Lipinski definition) is 1. The van der Waals surface area contributed by atoms with E-state index in [1.54, 1.807) is 25.7 Å². The summed E-state index contributed by atoms with van der Waals surface area (Å²) in [6.07, 6.45) is 5.17. The Labute approximate surface area is 111 Å². The van der Waals surface area contributed by atoms with Gasteiger partial charge in [-0.1, -0.05) is 17.7 Å². The van der Waals surface area contributed by atoms with Crippen LogP contribution in [0.15, 0.2) is 36.8 Å². The standard InChI is InChI=1S/C13H14ClN3O/c1-18-13-3-2-10(7-17-13)6-16-8-11-4-5-15-9-12(11)14/h2-5,7,9,16H,6,8H2,1H3. The maximum absolute atomic E-state index is 6.01. The Hall–Kier alpha value is -1.65. The molecule has 2 aromatic heterocycles. The molecule has 2 aromatic rings. The van der Waals surface area contributed by atoms with Gasteiger partial charge in [-0.05, 0) is 17.2 Å². The summed E-state index contributed by atoms with van der Waals surface area (Å²) in [6.45, 7) is 1.43. The van der Waals surface area contributed by atoms with E-state index in [0.29, 0.717) is 17.4 Å². The molecule has 0 amide bonds. The highest BCUT2D eigenvalue weighted by Crippen LogP contribution is 2.13. The van der Waals surface area contributed by atoms with E-state index in [4.69, 9.17) is 16.3 Å². The average Bonchev–Trinajstić information content (AvgIpc) is 2.42. The van der Waals surface area contributed by atoms with Crippen LogP contribution in [0.5, 0.6) is 5.88 Å². The maximum atomic E-state index is 6.01. The second kappa shape index (κ2) is 6.33. The highest BCUT2D eigenvalue weighted by atomic mass is 35.5. The summed E-state index contributed by atoms with van der Waals surface area (Å²) in [7, 11) is 1.60. The highest BCUT2D eigenvalue weighted by molar-refractivity contribution is 6.31. The van der Waals surface area contributed by atoms with Crippen LogP contribution in [0, 0.1) is 0 Å². The minimum Gasteiger partial charge on any atom is -0.481 e. The van der Waals surface area contributed by atoms with Crippen LogP contribution in [0.4, 0.5) is 0 Å². The molecule has 0 spiro atoms. The number of halogens is 1. The van der Waals surface area contributed by atoms with Crippen LogP contribution in [-0.2, 0) is 13.1 Å². The molecule has 1 N–H and O–H groups in total. The van der Waals surface area contributed by atoms with Crippen LogP contribution in [-0.4, -0.2) is 17.1 Å². The molecule has 0 aromatic carbocycles. The molecule has 94 valence electrons. The van der Waals surface area contributed by atoms with Gasteiger partial charge in [-0.15, -0.1) is 0 Å². The summed E-state index contributed by atoms with van der Waals surface area (Å²) in [5.41, 5.74) is 2.13. The predicted molar refractivity (Wildman–Crippen MR) is 70.6 cm³/mol. The van der Waals surface area contributed by atoms with E-state index in [2.05, 4.69) is 15.3 Å². The predicted octanol–water partition coefficient (Wildman–Crippen LogP) is 2.43. The quantitative estimate of drug-likeness (QED) is 0.900. The fourth-order valence-electron chi connectivity index (χ4n) is 1.53. The summed E-state index contributed by atoms with van der Waals surface area (Å²) in [5.74, 6) is 0.621. The van der Waals surface area contributed by atoms with E-state index >= 15 is 0 Å². The van der Waals surface area contributed by atoms with Gasteiger partial charge in [-0.25, -0.2) is 4.98 Å². The van der Waals surface area contributed by atoms with Crippen molar-refractivity contribution in [3.63, 3.8) is 0 Å². The number of rotatable bonds is 5. The molecule has 0 radical (unpaired) electrons. The topological polar surface area (TPSA) is 47.0 Å².